The third-order valence-corrected chi connectivity index (χ3v) is 6.88. The SMILES string of the molecule is CC1(c2cc(Br)cc3c(C(=O)N4CC[C@@H](CNS(C)(=O)=O)C4)coc23)CC1. The Balaban J connectivity index is 1.56. The van der Waals surface area contributed by atoms with Crippen LogP contribution in [0.5, 0.6) is 0 Å². The number of nitrogens with one attached hydrogen (secondary N) is 1. The molecule has 1 saturated heterocycles. The molecule has 1 aromatic carbocycles. The smallest absolute Gasteiger partial charge is 0.257 e. The van der Waals surface area contributed by atoms with Gasteiger partial charge in [0.05, 0.1) is 11.8 Å². The van der Waals surface area contributed by atoms with E-state index in [0.717, 1.165) is 46.5 Å². The van der Waals surface area contributed by atoms with Crippen molar-refractivity contribution in [3.05, 3.63) is 34.0 Å². The van der Waals surface area contributed by atoms with Gasteiger partial charge in [0, 0.05) is 35.1 Å². The Morgan fingerprint density at radius 3 is 2.81 bits per heavy atom. The van der Waals surface area contributed by atoms with Crippen LogP contribution in [0.25, 0.3) is 11.0 Å². The van der Waals surface area contributed by atoms with E-state index in [9.17, 15) is 13.2 Å². The first-order valence-corrected chi connectivity index (χ1v) is 11.8. The third-order valence-electron chi connectivity index (χ3n) is 5.73. The molecule has 1 amide bonds. The van der Waals surface area contributed by atoms with Gasteiger partial charge in [-0.1, -0.05) is 22.9 Å². The summed E-state index contributed by atoms with van der Waals surface area (Å²) in [6.07, 6.45) is 5.76. The van der Waals surface area contributed by atoms with E-state index in [1.807, 2.05) is 6.07 Å². The predicted octanol–water partition coefficient (Wildman–Crippen LogP) is 3.26. The number of likely N-dealkylation sites (tertiary alicyclic amines) is 1. The van der Waals surface area contributed by atoms with Crippen molar-refractivity contribution in [2.24, 2.45) is 5.92 Å². The van der Waals surface area contributed by atoms with Gasteiger partial charge in [-0.25, -0.2) is 13.1 Å². The zero-order valence-corrected chi connectivity index (χ0v) is 17.8. The minimum atomic E-state index is -3.21. The quantitative estimate of drug-likeness (QED) is 0.751. The minimum Gasteiger partial charge on any atom is -0.463 e. The van der Waals surface area contributed by atoms with Crippen LogP contribution in [0.2, 0.25) is 0 Å². The maximum absolute atomic E-state index is 13.1. The molecule has 27 heavy (non-hydrogen) atoms. The average Bonchev–Trinajstić information content (AvgIpc) is 3.02. The molecule has 1 aliphatic heterocycles. The van der Waals surface area contributed by atoms with Gasteiger partial charge in [0.1, 0.15) is 11.8 Å². The lowest BCUT2D eigenvalue weighted by molar-refractivity contribution is 0.0788. The van der Waals surface area contributed by atoms with E-state index in [1.165, 1.54) is 0 Å². The number of sulfonamides is 1. The lowest BCUT2D eigenvalue weighted by Gasteiger charge is -2.16. The first kappa shape index (κ1) is 19.0. The first-order valence-electron chi connectivity index (χ1n) is 9.11. The molecule has 146 valence electrons. The van der Waals surface area contributed by atoms with Gasteiger partial charge in [0.15, 0.2) is 0 Å². The number of hydrogen-bond donors (Lipinski definition) is 1. The third kappa shape index (κ3) is 3.79. The van der Waals surface area contributed by atoms with Crippen LogP contribution in [-0.2, 0) is 15.4 Å². The highest BCUT2D eigenvalue weighted by Gasteiger charge is 2.42. The molecule has 2 fully saturated rings. The Morgan fingerprint density at radius 1 is 1.41 bits per heavy atom. The number of nitrogens with zero attached hydrogens (tertiary/aromatic N) is 1. The topological polar surface area (TPSA) is 79.6 Å². The van der Waals surface area contributed by atoms with Crippen LogP contribution in [0, 0.1) is 5.92 Å². The number of carbonyl (C=O) groups is 1. The summed E-state index contributed by atoms with van der Waals surface area (Å²) in [4.78, 5) is 14.9. The molecule has 6 nitrogen and oxygen atoms in total. The number of carbonyl (C=O) groups excluding carboxylic acids is 1. The lowest BCUT2D eigenvalue weighted by atomic mass is 9.96. The summed E-state index contributed by atoms with van der Waals surface area (Å²) in [7, 11) is -3.21. The van der Waals surface area contributed by atoms with Gasteiger partial charge in [-0.2, -0.15) is 0 Å². The fourth-order valence-corrected chi connectivity index (χ4v) is 4.79. The minimum absolute atomic E-state index is 0.0550. The van der Waals surface area contributed by atoms with Crippen molar-refractivity contribution in [1.29, 1.82) is 0 Å². The highest BCUT2D eigenvalue weighted by Crippen LogP contribution is 2.51. The normalized spacial score (nSPS) is 21.7. The maximum atomic E-state index is 13.1. The van der Waals surface area contributed by atoms with Crippen LogP contribution in [0.3, 0.4) is 0 Å². The van der Waals surface area contributed by atoms with Crippen LogP contribution in [0.15, 0.2) is 27.3 Å². The molecule has 8 heteroatoms. The molecule has 4 rings (SSSR count). The van der Waals surface area contributed by atoms with Gasteiger partial charge >= 0.3 is 0 Å². The van der Waals surface area contributed by atoms with E-state index in [-0.39, 0.29) is 17.2 Å². The van der Waals surface area contributed by atoms with Crippen LogP contribution in [-0.4, -0.2) is 45.1 Å². The Labute approximate surface area is 167 Å². The number of fused-ring (bicyclic) bond motifs is 1. The van der Waals surface area contributed by atoms with Crippen molar-refractivity contribution < 1.29 is 17.6 Å². The molecular formula is C19H23BrN2O4S. The van der Waals surface area contributed by atoms with Crippen LogP contribution in [0.4, 0.5) is 0 Å². The summed E-state index contributed by atoms with van der Waals surface area (Å²) in [5.41, 5.74) is 2.67. The van der Waals surface area contributed by atoms with Crippen molar-refractivity contribution in [3.8, 4) is 0 Å². The zero-order valence-electron chi connectivity index (χ0n) is 15.4. The molecule has 0 bridgehead atoms. The Bertz CT molecular complexity index is 1010. The molecule has 2 heterocycles. The summed E-state index contributed by atoms with van der Waals surface area (Å²) >= 11 is 3.57. The summed E-state index contributed by atoms with van der Waals surface area (Å²) < 4.78 is 31.9. The van der Waals surface area contributed by atoms with Crippen molar-refractivity contribution >= 4 is 42.8 Å². The van der Waals surface area contributed by atoms with Crippen molar-refractivity contribution in [2.75, 3.05) is 25.9 Å². The fraction of sp³-hybridized carbons (Fsp3) is 0.526. The second kappa shape index (κ2) is 6.60. The van der Waals surface area contributed by atoms with Crippen LogP contribution < -0.4 is 4.72 Å². The van der Waals surface area contributed by atoms with Gasteiger partial charge in [-0.05, 0) is 42.7 Å². The van der Waals surface area contributed by atoms with E-state index in [1.54, 1.807) is 11.2 Å². The maximum Gasteiger partial charge on any atom is 0.257 e. The predicted molar refractivity (Wildman–Crippen MR) is 107 cm³/mol. The fourth-order valence-electron chi connectivity index (χ4n) is 3.80. The Morgan fingerprint density at radius 2 is 2.15 bits per heavy atom. The summed E-state index contributed by atoms with van der Waals surface area (Å²) in [5.74, 6) is 0.0788. The van der Waals surface area contributed by atoms with Gasteiger partial charge in [0.2, 0.25) is 10.0 Å². The monoisotopic (exact) mass is 454 g/mol. The van der Waals surface area contributed by atoms with E-state index in [0.29, 0.717) is 25.2 Å². The largest absolute Gasteiger partial charge is 0.463 e. The van der Waals surface area contributed by atoms with Gasteiger partial charge in [-0.15, -0.1) is 0 Å². The standard InChI is InChI=1S/C19H23BrN2O4S/c1-19(4-5-19)16-8-13(20)7-14-15(11-26-17(14)16)18(23)22-6-3-12(10-22)9-21-27(2,24)25/h7-8,11-12,21H,3-6,9-10H2,1-2H3/t12-/m0/s1. The highest BCUT2D eigenvalue weighted by molar-refractivity contribution is 9.10. The highest BCUT2D eigenvalue weighted by atomic mass is 79.9. The second-order valence-corrected chi connectivity index (χ2v) is 10.8. The summed E-state index contributed by atoms with van der Waals surface area (Å²) in [6.45, 7) is 3.76. The average molecular weight is 455 g/mol. The molecule has 1 atom stereocenters. The Kier molecular flexibility index (Phi) is 4.63. The number of amides is 1. The molecule has 2 aliphatic rings. The van der Waals surface area contributed by atoms with Crippen molar-refractivity contribution in [2.45, 2.75) is 31.6 Å². The molecular weight excluding hydrogens is 432 g/mol. The Hall–Kier alpha value is -1.38. The number of rotatable bonds is 5. The second-order valence-electron chi connectivity index (χ2n) is 8.07. The molecule has 0 spiro atoms. The van der Waals surface area contributed by atoms with Gasteiger partial charge in [0.25, 0.3) is 5.91 Å². The van der Waals surface area contributed by atoms with Gasteiger partial charge < -0.3 is 9.32 Å². The summed E-state index contributed by atoms with van der Waals surface area (Å²) in [6, 6.07) is 4.04. The molecule has 2 aromatic rings. The molecule has 1 saturated carbocycles. The van der Waals surface area contributed by atoms with E-state index >= 15 is 0 Å². The number of halogens is 1. The summed E-state index contributed by atoms with van der Waals surface area (Å²) in [5, 5.41) is 0.843. The van der Waals surface area contributed by atoms with Crippen molar-refractivity contribution in [3.63, 3.8) is 0 Å². The van der Waals surface area contributed by atoms with Crippen LogP contribution >= 0.6 is 15.9 Å². The van der Waals surface area contributed by atoms with Crippen LogP contribution in [0.1, 0.15) is 42.1 Å². The van der Waals surface area contributed by atoms with E-state index < -0.39 is 10.0 Å². The zero-order chi connectivity index (χ0) is 19.4. The number of benzene rings is 1. The number of hydrogen-bond acceptors (Lipinski definition) is 4. The number of furan rings is 1. The van der Waals surface area contributed by atoms with E-state index in [4.69, 9.17) is 4.42 Å². The van der Waals surface area contributed by atoms with E-state index in [2.05, 4.69) is 33.6 Å². The molecule has 1 N–H and O–H groups in total. The molecule has 0 radical (unpaired) electrons. The van der Waals surface area contributed by atoms with Gasteiger partial charge in [-0.3, -0.25) is 4.79 Å². The molecule has 1 aliphatic carbocycles. The molecule has 0 unspecified atom stereocenters. The molecule has 1 aromatic heterocycles. The van der Waals surface area contributed by atoms with Crippen molar-refractivity contribution in [1.82, 2.24) is 9.62 Å². The first-order chi connectivity index (χ1) is 12.7. The lowest BCUT2D eigenvalue weighted by Crippen LogP contribution is -2.32.